The highest BCUT2D eigenvalue weighted by atomic mass is 35.5. The van der Waals surface area contributed by atoms with Gasteiger partial charge < -0.3 is 5.32 Å². The predicted octanol–water partition coefficient (Wildman–Crippen LogP) is 2.59. The lowest BCUT2D eigenvalue weighted by Gasteiger charge is -2.25. The van der Waals surface area contributed by atoms with E-state index in [9.17, 15) is 13.2 Å². The molecule has 6 nitrogen and oxygen atoms in total. The van der Waals surface area contributed by atoms with Crippen molar-refractivity contribution < 1.29 is 13.2 Å². The molecular formula is C14H19Cl2N3O3S. The van der Waals surface area contributed by atoms with E-state index in [1.165, 1.54) is 4.31 Å². The van der Waals surface area contributed by atoms with Crippen LogP contribution >= 0.6 is 23.2 Å². The smallest absolute Gasteiger partial charge is 0.282 e. The van der Waals surface area contributed by atoms with Gasteiger partial charge in [0.15, 0.2) is 0 Å². The number of nitrogens with zero attached hydrogens (tertiary/aromatic N) is 2. The van der Waals surface area contributed by atoms with Crippen LogP contribution in [-0.4, -0.2) is 49.1 Å². The van der Waals surface area contributed by atoms with E-state index in [2.05, 4.69) is 5.32 Å². The number of nitrogens with one attached hydrogen (secondary N) is 1. The highest BCUT2D eigenvalue weighted by Gasteiger charge is 2.32. The number of likely N-dealkylation sites (N-methyl/N-ethyl adjacent to an activating group) is 1. The van der Waals surface area contributed by atoms with Crippen LogP contribution in [0.5, 0.6) is 0 Å². The Kier molecular flexibility index (Phi) is 6.27. The first kappa shape index (κ1) is 18.5. The second-order valence-electron chi connectivity index (χ2n) is 5.18. The van der Waals surface area contributed by atoms with E-state index in [-0.39, 0.29) is 18.8 Å². The van der Waals surface area contributed by atoms with Crippen molar-refractivity contribution in [3.63, 3.8) is 0 Å². The normalized spacial score (nSPS) is 16.0. The van der Waals surface area contributed by atoms with Gasteiger partial charge in [0.25, 0.3) is 10.2 Å². The summed E-state index contributed by atoms with van der Waals surface area (Å²) in [4.78, 5) is 12.2. The third kappa shape index (κ3) is 4.36. The Morgan fingerprint density at radius 1 is 1.26 bits per heavy atom. The molecule has 1 fully saturated rings. The van der Waals surface area contributed by atoms with Crippen molar-refractivity contribution >= 4 is 45.0 Å². The molecule has 1 aromatic carbocycles. The summed E-state index contributed by atoms with van der Waals surface area (Å²) in [5.41, 5.74) is 0.287. The molecule has 1 aromatic rings. The lowest BCUT2D eigenvalue weighted by atomic mass is 10.3. The zero-order valence-corrected chi connectivity index (χ0v) is 15.1. The lowest BCUT2D eigenvalue weighted by Crippen LogP contribution is -2.45. The maximum absolute atomic E-state index is 12.5. The molecule has 1 amide bonds. The van der Waals surface area contributed by atoms with Gasteiger partial charge >= 0.3 is 0 Å². The topological polar surface area (TPSA) is 69.7 Å². The minimum absolute atomic E-state index is 0.211. The van der Waals surface area contributed by atoms with Crippen LogP contribution in [0.4, 0.5) is 5.69 Å². The highest BCUT2D eigenvalue weighted by molar-refractivity contribution is 7.86. The van der Waals surface area contributed by atoms with Gasteiger partial charge in [0.1, 0.15) is 0 Å². The van der Waals surface area contributed by atoms with Gasteiger partial charge in [-0.2, -0.15) is 17.0 Å². The first-order chi connectivity index (χ1) is 10.9. The molecule has 0 atom stereocenters. The number of benzene rings is 1. The van der Waals surface area contributed by atoms with E-state index in [0.29, 0.717) is 23.1 Å². The van der Waals surface area contributed by atoms with Crippen LogP contribution in [-0.2, 0) is 15.0 Å². The fourth-order valence-electron chi connectivity index (χ4n) is 2.40. The Balaban J connectivity index is 2.08. The van der Waals surface area contributed by atoms with Crippen LogP contribution in [0.25, 0.3) is 0 Å². The number of halogens is 2. The monoisotopic (exact) mass is 379 g/mol. The summed E-state index contributed by atoms with van der Waals surface area (Å²) in [6.07, 6.45) is 1.69. The molecule has 2 rings (SSSR count). The van der Waals surface area contributed by atoms with Crippen LogP contribution in [0.3, 0.4) is 0 Å². The van der Waals surface area contributed by atoms with Crippen molar-refractivity contribution in [3.8, 4) is 0 Å². The Labute approximate surface area is 146 Å². The number of anilines is 1. The summed E-state index contributed by atoms with van der Waals surface area (Å²) in [7, 11) is -3.62. The average Bonchev–Trinajstić information content (AvgIpc) is 3.03. The summed E-state index contributed by atoms with van der Waals surface area (Å²) in [6.45, 7) is 2.62. The minimum atomic E-state index is -3.62. The zero-order chi connectivity index (χ0) is 17.0. The van der Waals surface area contributed by atoms with Crippen molar-refractivity contribution in [1.82, 2.24) is 8.61 Å². The van der Waals surface area contributed by atoms with E-state index >= 15 is 0 Å². The Bertz CT molecular complexity index is 656. The molecule has 128 valence electrons. The molecule has 0 radical (unpaired) electrons. The zero-order valence-electron chi connectivity index (χ0n) is 12.8. The molecule has 1 N–H and O–H groups in total. The quantitative estimate of drug-likeness (QED) is 0.825. The van der Waals surface area contributed by atoms with Crippen molar-refractivity contribution in [2.24, 2.45) is 0 Å². The Morgan fingerprint density at radius 3 is 2.35 bits per heavy atom. The average molecular weight is 380 g/mol. The Morgan fingerprint density at radius 2 is 1.83 bits per heavy atom. The summed E-state index contributed by atoms with van der Waals surface area (Å²) in [6, 6.07) is 4.86. The molecule has 0 aromatic heterocycles. The van der Waals surface area contributed by atoms with Gasteiger partial charge in [0, 0.05) is 19.6 Å². The second kappa shape index (κ2) is 7.81. The van der Waals surface area contributed by atoms with Crippen LogP contribution < -0.4 is 5.32 Å². The van der Waals surface area contributed by atoms with Gasteiger partial charge in [0.05, 0.1) is 22.3 Å². The predicted molar refractivity (Wildman–Crippen MR) is 92.1 cm³/mol. The SMILES string of the molecule is CCN(CC(=O)Nc1c(Cl)cccc1Cl)S(=O)(=O)N1CCCC1. The molecule has 0 aliphatic carbocycles. The molecule has 1 aliphatic rings. The summed E-state index contributed by atoms with van der Waals surface area (Å²) in [5, 5.41) is 3.18. The van der Waals surface area contributed by atoms with E-state index in [0.717, 1.165) is 17.1 Å². The number of carbonyl (C=O) groups is 1. The van der Waals surface area contributed by atoms with Gasteiger partial charge in [-0.3, -0.25) is 4.79 Å². The van der Waals surface area contributed by atoms with E-state index in [1.807, 2.05) is 0 Å². The third-order valence-electron chi connectivity index (χ3n) is 3.62. The summed E-state index contributed by atoms with van der Waals surface area (Å²) in [5.74, 6) is -0.482. The standard InChI is InChI=1S/C14H19Cl2N3O3S/c1-2-18(23(21,22)19-8-3-4-9-19)10-13(20)17-14-11(15)6-5-7-12(14)16/h5-7H,2-4,8-10H2,1H3,(H,17,20). The number of para-hydroxylation sites is 1. The van der Waals surface area contributed by atoms with E-state index in [1.54, 1.807) is 25.1 Å². The molecule has 1 heterocycles. The highest BCUT2D eigenvalue weighted by Crippen LogP contribution is 2.29. The number of hydrogen-bond acceptors (Lipinski definition) is 3. The fraction of sp³-hybridized carbons (Fsp3) is 0.500. The van der Waals surface area contributed by atoms with Gasteiger partial charge in [-0.05, 0) is 25.0 Å². The Hall–Kier alpha value is -0.860. The van der Waals surface area contributed by atoms with Crippen molar-refractivity contribution in [2.75, 3.05) is 31.5 Å². The second-order valence-corrected chi connectivity index (χ2v) is 7.93. The van der Waals surface area contributed by atoms with E-state index in [4.69, 9.17) is 23.2 Å². The summed E-state index contributed by atoms with van der Waals surface area (Å²) < 4.78 is 27.6. The number of carbonyl (C=O) groups excluding carboxylic acids is 1. The number of hydrogen-bond donors (Lipinski definition) is 1. The van der Waals surface area contributed by atoms with Gasteiger partial charge in [-0.25, -0.2) is 0 Å². The summed E-state index contributed by atoms with van der Waals surface area (Å²) >= 11 is 12.0. The van der Waals surface area contributed by atoms with Crippen LogP contribution in [0.1, 0.15) is 19.8 Å². The molecule has 0 spiro atoms. The van der Waals surface area contributed by atoms with Crippen LogP contribution in [0.15, 0.2) is 18.2 Å². The first-order valence-corrected chi connectivity index (χ1v) is 9.50. The van der Waals surface area contributed by atoms with E-state index < -0.39 is 16.1 Å². The van der Waals surface area contributed by atoms with Gasteiger partial charge in [-0.1, -0.05) is 36.2 Å². The molecule has 9 heteroatoms. The maximum atomic E-state index is 12.5. The number of amides is 1. The molecule has 23 heavy (non-hydrogen) atoms. The number of rotatable bonds is 6. The maximum Gasteiger partial charge on any atom is 0.282 e. The van der Waals surface area contributed by atoms with Crippen LogP contribution in [0, 0.1) is 0 Å². The largest absolute Gasteiger partial charge is 0.322 e. The third-order valence-corrected chi connectivity index (χ3v) is 6.30. The lowest BCUT2D eigenvalue weighted by molar-refractivity contribution is -0.116. The van der Waals surface area contributed by atoms with Gasteiger partial charge in [0.2, 0.25) is 5.91 Å². The molecule has 0 unspecified atom stereocenters. The van der Waals surface area contributed by atoms with Crippen molar-refractivity contribution in [3.05, 3.63) is 28.2 Å². The van der Waals surface area contributed by atoms with Crippen molar-refractivity contribution in [1.29, 1.82) is 0 Å². The molecule has 1 saturated heterocycles. The van der Waals surface area contributed by atoms with Crippen molar-refractivity contribution in [2.45, 2.75) is 19.8 Å². The van der Waals surface area contributed by atoms with Crippen LogP contribution in [0.2, 0.25) is 10.0 Å². The minimum Gasteiger partial charge on any atom is -0.322 e. The molecular weight excluding hydrogens is 361 g/mol. The molecule has 0 bridgehead atoms. The fourth-order valence-corrected chi connectivity index (χ4v) is 4.54. The first-order valence-electron chi connectivity index (χ1n) is 7.35. The molecule has 1 aliphatic heterocycles. The van der Waals surface area contributed by atoms with Gasteiger partial charge in [-0.15, -0.1) is 0 Å². The molecule has 0 saturated carbocycles.